The molecule has 1 unspecified atom stereocenters. The smallest absolute Gasteiger partial charge is 0.191 e. The van der Waals surface area contributed by atoms with Crippen molar-refractivity contribution < 1.29 is 9.26 Å². The number of nitrogens with one attached hydrogen (secondary N) is 2. The van der Waals surface area contributed by atoms with Crippen molar-refractivity contribution in [2.45, 2.75) is 51.6 Å². The van der Waals surface area contributed by atoms with E-state index in [2.05, 4.69) is 39.5 Å². The molecule has 0 bridgehead atoms. The van der Waals surface area contributed by atoms with E-state index in [1.165, 1.54) is 13.0 Å². The average molecular weight is 491 g/mol. The molecule has 0 radical (unpaired) electrons. The van der Waals surface area contributed by atoms with Gasteiger partial charge in [0.05, 0.1) is 18.8 Å². The van der Waals surface area contributed by atoms with E-state index in [-0.39, 0.29) is 24.0 Å². The van der Waals surface area contributed by atoms with Crippen molar-refractivity contribution >= 4 is 29.9 Å². The Kier molecular flexibility index (Phi) is 9.31. The van der Waals surface area contributed by atoms with E-state index in [1.807, 2.05) is 13.1 Å². The van der Waals surface area contributed by atoms with Crippen molar-refractivity contribution in [1.82, 2.24) is 20.7 Å². The maximum Gasteiger partial charge on any atom is 0.191 e. The standard InChI is InChI=1S/C19H33N5O2.HI/c1-14(2)18-10-17(26-23-18)11-21-19(20-3)22-16-4-7-24(8-5-16)12-15-6-9-25-13-15;/h10,14-16H,4-9,11-13H2,1-3H3,(H2,20,21,22);1H. The molecule has 1 atom stereocenters. The SMILES string of the molecule is CN=C(NCc1cc(C(C)C)no1)NC1CCN(CC2CCOC2)CC1.I. The molecule has 2 fully saturated rings. The highest BCUT2D eigenvalue weighted by Crippen LogP contribution is 2.18. The zero-order chi connectivity index (χ0) is 18.4. The lowest BCUT2D eigenvalue weighted by molar-refractivity contribution is 0.150. The summed E-state index contributed by atoms with van der Waals surface area (Å²) in [5.74, 6) is 2.78. The zero-order valence-corrected chi connectivity index (χ0v) is 19.1. The average Bonchev–Trinajstić information content (AvgIpc) is 3.32. The first-order chi connectivity index (χ1) is 12.6. The molecular formula is C19H34IN5O2. The van der Waals surface area contributed by atoms with Gasteiger partial charge in [-0.3, -0.25) is 4.99 Å². The van der Waals surface area contributed by atoms with E-state index < -0.39 is 0 Å². The summed E-state index contributed by atoms with van der Waals surface area (Å²) in [6.07, 6.45) is 3.51. The number of ether oxygens (including phenoxy) is 1. The van der Waals surface area contributed by atoms with Crippen LogP contribution in [-0.4, -0.2) is 62.0 Å². The molecule has 3 rings (SSSR count). The minimum Gasteiger partial charge on any atom is -0.381 e. The van der Waals surface area contributed by atoms with Crippen molar-refractivity contribution in [3.05, 3.63) is 17.5 Å². The van der Waals surface area contributed by atoms with E-state index in [0.29, 0.717) is 18.5 Å². The van der Waals surface area contributed by atoms with Gasteiger partial charge in [-0.05, 0) is 31.1 Å². The number of aliphatic imine (C=N–C) groups is 1. The van der Waals surface area contributed by atoms with Crippen molar-refractivity contribution in [2.24, 2.45) is 10.9 Å². The number of rotatable bonds is 6. The molecule has 2 aliphatic heterocycles. The number of hydrogen-bond acceptors (Lipinski definition) is 5. The summed E-state index contributed by atoms with van der Waals surface area (Å²) in [5.41, 5.74) is 0.991. The molecule has 0 saturated carbocycles. The minimum absolute atomic E-state index is 0. The van der Waals surface area contributed by atoms with Crippen LogP contribution < -0.4 is 10.6 Å². The van der Waals surface area contributed by atoms with E-state index >= 15 is 0 Å². The highest BCUT2D eigenvalue weighted by atomic mass is 127. The van der Waals surface area contributed by atoms with Gasteiger partial charge in [0, 0.05) is 45.4 Å². The van der Waals surface area contributed by atoms with Gasteiger partial charge < -0.3 is 24.8 Å². The van der Waals surface area contributed by atoms with Crippen LogP contribution in [0.25, 0.3) is 0 Å². The Morgan fingerprint density at radius 1 is 1.33 bits per heavy atom. The molecule has 1 aromatic heterocycles. The van der Waals surface area contributed by atoms with Crippen molar-refractivity contribution in [3.8, 4) is 0 Å². The third-order valence-corrected chi connectivity index (χ3v) is 5.29. The second kappa shape index (κ2) is 11.2. The normalized spacial score (nSPS) is 22.1. The van der Waals surface area contributed by atoms with E-state index in [4.69, 9.17) is 9.26 Å². The Labute approximate surface area is 179 Å². The fourth-order valence-electron chi connectivity index (χ4n) is 3.60. The molecule has 0 spiro atoms. The number of guanidine groups is 1. The first kappa shape index (κ1) is 22.4. The summed E-state index contributed by atoms with van der Waals surface area (Å²) in [5, 5.41) is 11.0. The number of piperidine rings is 1. The lowest BCUT2D eigenvalue weighted by Crippen LogP contribution is -2.49. The highest BCUT2D eigenvalue weighted by Gasteiger charge is 2.24. The van der Waals surface area contributed by atoms with Crippen LogP contribution in [0.4, 0.5) is 0 Å². The van der Waals surface area contributed by atoms with E-state index in [1.54, 1.807) is 0 Å². The van der Waals surface area contributed by atoms with Crippen molar-refractivity contribution in [1.29, 1.82) is 0 Å². The van der Waals surface area contributed by atoms with Crippen LogP contribution in [0.1, 0.15) is 50.5 Å². The quantitative estimate of drug-likeness (QED) is 0.362. The van der Waals surface area contributed by atoms with Crippen LogP contribution >= 0.6 is 24.0 Å². The number of likely N-dealkylation sites (tertiary alicyclic amines) is 1. The van der Waals surface area contributed by atoms with Crippen LogP contribution in [0.5, 0.6) is 0 Å². The zero-order valence-electron chi connectivity index (χ0n) is 16.7. The molecule has 0 amide bonds. The molecule has 7 nitrogen and oxygen atoms in total. The molecule has 0 aliphatic carbocycles. The third kappa shape index (κ3) is 6.90. The molecule has 2 N–H and O–H groups in total. The summed E-state index contributed by atoms with van der Waals surface area (Å²) < 4.78 is 10.9. The largest absolute Gasteiger partial charge is 0.381 e. The Morgan fingerprint density at radius 2 is 2.11 bits per heavy atom. The van der Waals surface area contributed by atoms with Gasteiger partial charge in [0.25, 0.3) is 0 Å². The lowest BCUT2D eigenvalue weighted by atomic mass is 10.0. The first-order valence-corrected chi connectivity index (χ1v) is 9.86. The predicted octanol–water partition coefficient (Wildman–Crippen LogP) is 2.58. The van der Waals surface area contributed by atoms with Crippen LogP contribution in [-0.2, 0) is 11.3 Å². The van der Waals surface area contributed by atoms with Gasteiger partial charge in [0.1, 0.15) is 0 Å². The number of aromatic nitrogens is 1. The predicted molar refractivity (Wildman–Crippen MR) is 118 cm³/mol. The monoisotopic (exact) mass is 491 g/mol. The third-order valence-electron chi connectivity index (χ3n) is 5.29. The van der Waals surface area contributed by atoms with Gasteiger partial charge in [-0.15, -0.1) is 24.0 Å². The Bertz CT molecular complexity index is 578. The lowest BCUT2D eigenvalue weighted by Gasteiger charge is -2.34. The maximum absolute atomic E-state index is 5.49. The molecule has 27 heavy (non-hydrogen) atoms. The number of nitrogens with zero attached hydrogens (tertiary/aromatic N) is 3. The molecule has 2 aliphatic rings. The summed E-state index contributed by atoms with van der Waals surface area (Å²) in [7, 11) is 1.81. The van der Waals surface area contributed by atoms with Gasteiger partial charge in [-0.25, -0.2) is 0 Å². The van der Waals surface area contributed by atoms with Gasteiger partial charge in [0.15, 0.2) is 11.7 Å². The molecule has 3 heterocycles. The molecule has 2 saturated heterocycles. The van der Waals surface area contributed by atoms with Crippen LogP contribution in [0, 0.1) is 5.92 Å². The molecular weight excluding hydrogens is 457 g/mol. The van der Waals surface area contributed by atoms with Gasteiger partial charge in [-0.1, -0.05) is 19.0 Å². The summed E-state index contributed by atoms with van der Waals surface area (Å²) in [6, 6.07) is 2.48. The molecule has 1 aromatic rings. The fourth-order valence-corrected chi connectivity index (χ4v) is 3.60. The summed E-state index contributed by atoms with van der Waals surface area (Å²) in [4.78, 5) is 6.92. The summed E-state index contributed by atoms with van der Waals surface area (Å²) in [6.45, 7) is 10.2. The maximum atomic E-state index is 5.49. The number of hydrogen-bond donors (Lipinski definition) is 2. The second-order valence-electron chi connectivity index (χ2n) is 7.75. The van der Waals surface area contributed by atoms with Gasteiger partial charge >= 0.3 is 0 Å². The molecule has 8 heteroatoms. The molecule has 0 aromatic carbocycles. The fraction of sp³-hybridized carbons (Fsp3) is 0.789. The van der Waals surface area contributed by atoms with Gasteiger partial charge in [-0.2, -0.15) is 0 Å². The topological polar surface area (TPSA) is 74.9 Å². The van der Waals surface area contributed by atoms with Crippen molar-refractivity contribution in [3.63, 3.8) is 0 Å². The number of halogens is 1. The van der Waals surface area contributed by atoms with Crippen LogP contribution in [0.3, 0.4) is 0 Å². The Hall–Kier alpha value is -0.870. The highest BCUT2D eigenvalue weighted by molar-refractivity contribution is 14.0. The van der Waals surface area contributed by atoms with E-state index in [9.17, 15) is 0 Å². The molecule has 154 valence electrons. The van der Waals surface area contributed by atoms with Crippen LogP contribution in [0.15, 0.2) is 15.6 Å². The second-order valence-corrected chi connectivity index (χ2v) is 7.75. The first-order valence-electron chi connectivity index (χ1n) is 9.86. The summed E-state index contributed by atoms with van der Waals surface area (Å²) >= 11 is 0. The van der Waals surface area contributed by atoms with Crippen LogP contribution in [0.2, 0.25) is 0 Å². The Balaban J connectivity index is 0.00000261. The van der Waals surface area contributed by atoms with E-state index in [0.717, 1.165) is 62.5 Å². The minimum atomic E-state index is 0. The Morgan fingerprint density at radius 3 is 2.70 bits per heavy atom. The van der Waals surface area contributed by atoms with Crippen molar-refractivity contribution in [2.75, 3.05) is 39.9 Å². The van der Waals surface area contributed by atoms with Gasteiger partial charge in [0.2, 0.25) is 0 Å².